The molecule has 0 aliphatic rings. The fourth-order valence-electron chi connectivity index (χ4n) is 3.33. The van der Waals surface area contributed by atoms with Crippen molar-refractivity contribution in [3.05, 3.63) is 0 Å². The van der Waals surface area contributed by atoms with Crippen LogP contribution in [0.25, 0.3) is 0 Å². The molecule has 0 amide bonds. The Hall–Kier alpha value is 0.210. The van der Waals surface area contributed by atoms with E-state index in [9.17, 15) is 5.11 Å². The summed E-state index contributed by atoms with van der Waals surface area (Å²) in [6.07, 6.45) is 14.7. The minimum absolute atomic E-state index is 0. The molecule has 22 heavy (non-hydrogen) atoms. The number of halogens is 1. The Morgan fingerprint density at radius 2 is 0.909 bits per heavy atom. The molecule has 0 rings (SSSR count). The Kier molecular flexibility index (Phi) is 19.5. The highest BCUT2D eigenvalue weighted by Crippen LogP contribution is 2.16. The number of rotatable bonds is 16. The zero-order valence-electron chi connectivity index (χ0n) is 15.6. The summed E-state index contributed by atoms with van der Waals surface area (Å²) in [5.41, 5.74) is 0. The molecule has 0 saturated heterocycles. The van der Waals surface area contributed by atoms with Crippen LogP contribution in [0.15, 0.2) is 0 Å². The number of unbranched alkanes of at least 4 members (excludes halogenated alkanes) is 8. The number of hydrogen-bond donors (Lipinski definition) is 1. The SMILES string of the molecule is CCCCCC[N+](CCO)(CCCCC)CCCCCC.[Cl-]. The van der Waals surface area contributed by atoms with Crippen molar-refractivity contribution < 1.29 is 22.0 Å². The van der Waals surface area contributed by atoms with E-state index in [-0.39, 0.29) is 12.4 Å². The number of aliphatic hydroxyl groups excluding tert-OH is 1. The fourth-order valence-corrected chi connectivity index (χ4v) is 3.33. The van der Waals surface area contributed by atoms with Crippen LogP contribution in [0.1, 0.15) is 91.4 Å². The van der Waals surface area contributed by atoms with Crippen LogP contribution in [-0.2, 0) is 0 Å². The van der Waals surface area contributed by atoms with Gasteiger partial charge < -0.3 is 22.0 Å². The van der Waals surface area contributed by atoms with Crippen molar-refractivity contribution in [1.82, 2.24) is 0 Å². The quantitative estimate of drug-likeness (QED) is 0.338. The van der Waals surface area contributed by atoms with Crippen molar-refractivity contribution in [2.24, 2.45) is 0 Å². The van der Waals surface area contributed by atoms with Crippen LogP contribution < -0.4 is 12.4 Å². The summed E-state index contributed by atoms with van der Waals surface area (Å²) in [5.74, 6) is 0. The van der Waals surface area contributed by atoms with Crippen molar-refractivity contribution >= 4 is 0 Å². The van der Waals surface area contributed by atoms with E-state index >= 15 is 0 Å². The summed E-state index contributed by atoms with van der Waals surface area (Å²) in [6.45, 7) is 12.0. The predicted octanol–water partition coefficient (Wildman–Crippen LogP) is 2.15. The third-order valence-corrected chi connectivity index (χ3v) is 4.78. The topological polar surface area (TPSA) is 20.2 Å². The minimum atomic E-state index is 0. The predicted molar refractivity (Wildman–Crippen MR) is 94.6 cm³/mol. The van der Waals surface area contributed by atoms with E-state index in [1.165, 1.54) is 94.7 Å². The van der Waals surface area contributed by atoms with Crippen molar-refractivity contribution in [2.75, 3.05) is 32.8 Å². The van der Waals surface area contributed by atoms with Crippen molar-refractivity contribution in [3.63, 3.8) is 0 Å². The Morgan fingerprint density at radius 1 is 0.545 bits per heavy atom. The Labute approximate surface area is 146 Å². The molecule has 0 spiro atoms. The Morgan fingerprint density at radius 3 is 1.27 bits per heavy atom. The lowest BCUT2D eigenvalue weighted by molar-refractivity contribution is -0.929. The second-order valence-electron chi connectivity index (χ2n) is 6.79. The molecule has 0 aromatic rings. The molecule has 0 radical (unpaired) electrons. The zero-order chi connectivity index (χ0) is 15.8. The highest BCUT2D eigenvalue weighted by molar-refractivity contribution is 4.51. The first kappa shape index (κ1) is 24.5. The second-order valence-corrected chi connectivity index (χ2v) is 6.79. The standard InChI is InChI=1S/C19H42NO.ClH/c1-4-7-10-13-16-20(18-19-21,15-12-9-6-3)17-14-11-8-5-2;/h21H,4-19H2,1-3H3;1H/q+1;/p-1. The van der Waals surface area contributed by atoms with Crippen LogP contribution in [0.2, 0.25) is 0 Å². The third kappa shape index (κ3) is 12.7. The van der Waals surface area contributed by atoms with Gasteiger partial charge in [-0.3, -0.25) is 0 Å². The molecule has 0 aliphatic heterocycles. The fraction of sp³-hybridized carbons (Fsp3) is 1.00. The number of quaternary nitrogens is 1. The van der Waals surface area contributed by atoms with E-state index in [2.05, 4.69) is 20.8 Å². The molecule has 3 heteroatoms. The normalized spacial score (nSPS) is 11.5. The van der Waals surface area contributed by atoms with Crippen LogP contribution in [0, 0.1) is 0 Å². The molecule has 0 bridgehead atoms. The van der Waals surface area contributed by atoms with Gasteiger partial charge in [-0.25, -0.2) is 0 Å². The lowest BCUT2D eigenvalue weighted by atomic mass is 10.1. The summed E-state index contributed by atoms with van der Waals surface area (Å²) in [6, 6.07) is 0. The summed E-state index contributed by atoms with van der Waals surface area (Å²) in [4.78, 5) is 0. The van der Waals surface area contributed by atoms with Crippen LogP contribution >= 0.6 is 0 Å². The third-order valence-electron chi connectivity index (χ3n) is 4.78. The van der Waals surface area contributed by atoms with Gasteiger partial charge in [-0.2, -0.15) is 0 Å². The van der Waals surface area contributed by atoms with Gasteiger partial charge in [0.25, 0.3) is 0 Å². The molecule has 136 valence electrons. The lowest BCUT2D eigenvalue weighted by Crippen LogP contribution is -3.00. The molecule has 1 N–H and O–H groups in total. The minimum Gasteiger partial charge on any atom is -1.00 e. The van der Waals surface area contributed by atoms with E-state index in [0.29, 0.717) is 6.61 Å². The molecule has 0 saturated carbocycles. The van der Waals surface area contributed by atoms with Gasteiger partial charge in [0.2, 0.25) is 0 Å². The monoisotopic (exact) mass is 335 g/mol. The van der Waals surface area contributed by atoms with Gasteiger partial charge in [-0.1, -0.05) is 52.9 Å². The summed E-state index contributed by atoms with van der Waals surface area (Å²) in [5, 5.41) is 9.55. The molecule has 0 fully saturated rings. The van der Waals surface area contributed by atoms with E-state index in [1.807, 2.05) is 0 Å². The molecule has 0 aromatic heterocycles. The maximum Gasteiger partial charge on any atom is 0.102 e. The lowest BCUT2D eigenvalue weighted by Gasteiger charge is -2.39. The van der Waals surface area contributed by atoms with Gasteiger partial charge in [0, 0.05) is 0 Å². The maximum absolute atomic E-state index is 9.55. The van der Waals surface area contributed by atoms with Crippen LogP contribution in [0.3, 0.4) is 0 Å². The van der Waals surface area contributed by atoms with Crippen molar-refractivity contribution in [2.45, 2.75) is 91.4 Å². The average Bonchev–Trinajstić information content (AvgIpc) is 2.49. The molecule has 2 nitrogen and oxygen atoms in total. The van der Waals surface area contributed by atoms with Gasteiger partial charge in [-0.05, 0) is 38.5 Å². The highest BCUT2D eigenvalue weighted by Gasteiger charge is 2.25. The molecular weight excluding hydrogens is 294 g/mol. The first-order chi connectivity index (χ1) is 10.2. The smallest absolute Gasteiger partial charge is 0.102 e. The van der Waals surface area contributed by atoms with Gasteiger partial charge in [0.1, 0.15) is 6.54 Å². The first-order valence-electron chi connectivity index (χ1n) is 9.70. The Bertz CT molecular complexity index is 200. The zero-order valence-corrected chi connectivity index (χ0v) is 16.3. The first-order valence-corrected chi connectivity index (χ1v) is 9.70. The summed E-state index contributed by atoms with van der Waals surface area (Å²) >= 11 is 0. The molecule has 0 unspecified atom stereocenters. The maximum atomic E-state index is 9.55. The number of nitrogens with zero attached hydrogens (tertiary/aromatic N) is 1. The van der Waals surface area contributed by atoms with E-state index in [1.54, 1.807) is 0 Å². The molecule has 0 atom stereocenters. The van der Waals surface area contributed by atoms with Crippen LogP contribution in [0.5, 0.6) is 0 Å². The number of hydrogen-bond acceptors (Lipinski definition) is 1. The largest absolute Gasteiger partial charge is 1.00 e. The molecular formula is C19H42ClNO. The molecule has 0 aromatic carbocycles. The van der Waals surface area contributed by atoms with Gasteiger partial charge in [0.05, 0.1) is 26.2 Å². The van der Waals surface area contributed by atoms with Crippen LogP contribution in [0.4, 0.5) is 0 Å². The van der Waals surface area contributed by atoms with Crippen molar-refractivity contribution in [3.8, 4) is 0 Å². The van der Waals surface area contributed by atoms with E-state index < -0.39 is 0 Å². The van der Waals surface area contributed by atoms with Gasteiger partial charge in [-0.15, -0.1) is 0 Å². The van der Waals surface area contributed by atoms with E-state index in [0.717, 1.165) is 6.54 Å². The molecule has 0 aliphatic carbocycles. The van der Waals surface area contributed by atoms with E-state index in [4.69, 9.17) is 0 Å². The second kappa shape index (κ2) is 17.6. The number of aliphatic hydroxyl groups is 1. The summed E-state index contributed by atoms with van der Waals surface area (Å²) < 4.78 is 1.18. The van der Waals surface area contributed by atoms with Gasteiger partial charge in [0.15, 0.2) is 0 Å². The van der Waals surface area contributed by atoms with Crippen LogP contribution in [-0.4, -0.2) is 42.4 Å². The molecule has 0 heterocycles. The Balaban J connectivity index is 0. The highest BCUT2D eigenvalue weighted by atomic mass is 35.5. The van der Waals surface area contributed by atoms with Crippen molar-refractivity contribution in [1.29, 1.82) is 0 Å². The summed E-state index contributed by atoms with van der Waals surface area (Å²) in [7, 11) is 0. The van der Waals surface area contributed by atoms with Gasteiger partial charge >= 0.3 is 0 Å². The average molecular weight is 336 g/mol.